The van der Waals surface area contributed by atoms with Crippen molar-refractivity contribution in [1.82, 2.24) is 0 Å². The number of hydrogen-bond donors (Lipinski definition) is 6. The van der Waals surface area contributed by atoms with Gasteiger partial charge in [0.2, 0.25) is 0 Å². The van der Waals surface area contributed by atoms with E-state index in [1.54, 1.807) is 0 Å². The van der Waals surface area contributed by atoms with Gasteiger partial charge < -0.3 is 30.6 Å². The quantitative estimate of drug-likeness (QED) is 0.322. The lowest BCUT2D eigenvalue weighted by molar-refractivity contribution is -0.143. The average Bonchev–Trinajstić information content (AvgIpc) is 2.51. The summed E-state index contributed by atoms with van der Waals surface area (Å²) in [5, 5.41) is 47.4. The van der Waals surface area contributed by atoms with Gasteiger partial charge in [0, 0.05) is 0 Å². The monoisotopic (exact) mass is 398 g/mol. The van der Waals surface area contributed by atoms with E-state index in [2.05, 4.69) is 13.8 Å². The fourth-order valence-electron chi connectivity index (χ4n) is 0.642. The van der Waals surface area contributed by atoms with Gasteiger partial charge in [-0.25, -0.2) is 0 Å². The van der Waals surface area contributed by atoms with Crippen LogP contribution in [0.5, 0.6) is 0 Å². The molecule has 0 saturated heterocycles. The van der Waals surface area contributed by atoms with Gasteiger partial charge in [0.05, 0.1) is 38.5 Å². The Labute approximate surface area is 155 Å². The molecule has 0 spiro atoms. The van der Waals surface area contributed by atoms with E-state index in [-0.39, 0.29) is 38.5 Å². The first-order valence-electron chi connectivity index (χ1n) is 7.60. The minimum absolute atomic E-state index is 0.296. The Balaban J connectivity index is -0.000000137. The predicted molar refractivity (Wildman–Crippen MR) is 89.5 cm³/mol. The highest BCUT2D eigenvalue weighted by Crippen LogP contribution is 1.87. The number of rotatable bonds is 9. The fourth-order valence-corrected chi connectivity index (χ4v) is 0.642. The van der Waals surface area contributed by atoms with Gasteiger partial charge in [-0.1, -0.05) is 20.3 Å². The SMILES string of the molecule is CCC.O=C(O)CCC(=O)O.O=C(O)CCC(=O)O.O=C(O)CCC(=O)O. The lowest BCUT2D eigenvalue weighted by Crippen LogP contribution is -2.00. The predicted octanol–water partition coefficient (Wildman–Crippen LogP) is 1.22. The number of hydrogen-bond acceptors (Lipinski definition) is 6. The van der Waals surface area contributed by atoms with Gasteiger partial charge >= 0.3 is 35.8 Å². The lowest BCUT2D eigenvalue weighted by Gasteiger charge is -1.85. The molecule has 0 aromatic rings. The molecule has 0 aliphatic heterocycles. The summed E-state index contributed by atoms with van der Waals surface area (Å²) in [6.45, 7) is 4.25. The molecule has 0 aliphatic rings. The van der Waals surface area contributed by atoms with Crippen molar-refractivity contribution in [2.75, 3.05) is 0 Å². The molecule has 0 aromatic heterocycles. The summed E-state index contributed by atoms with van der Waals surface area (Å²) in [5.41, 5.74) is 0. The summed E-state index contributed by atoms with van der Waals surface area (Å²) in [7, 11) is 0. The molecule has 0 rings (SSSR count). The van der Waals surface area contributed by atoms with Crippen molar-refractivity contribution in [3.05, 3.63) is 0 Å². The van der Waals surface area contributed by atoms with Crippen LogP contribution in [0.25, 0.3) is 0 Å². The second-order valence-electron chi connectivity index (χ2n) is 4.57. The third kappa shape index (κ3) is 70.8. The first kappa shape index (κ1) is 31.6. The molecule has 0 unspecified atom stereocenters. The normalized spacial score (nSPS) is 8.22. The minimum atomic E-state index is -1.08. The lowest BCUT2D eigenvalue weighted by atomic mass is 10.3. The zero-order valence-corrected chi connectivity index (χ0v) is 15.1. The van der Waals surface area contributed by atoms with Crippen LogP contribution in [0.15, 0.2) is 0 Å². The van der Waals surface area contributed by atoms with Gasteiger partial charge in [0.1, 0.15) is 0 Å². The Morgan fingerprint density at radius 2 is 0.481 bits per heavy atom. The number of aliphatic carboxylic acids is 6. The third-order valence-electron chi connectivity index (χ3n) is 1.66. The zero-order valence-electron chi connectivity index (χ0n) is 15.1. The largest absolute Gasteiger partial charge is 0.481 e. The maximum Gasteiger partial charge on any atom is 0.303 e. The Morgan fingerprint density at radius 3 is 0.519 bits per heavy atom. The van der Waals surface area contributed by atoms with Gasteiger partial charge in [-0.2, -0.15) is 0 Å². The highest BCUT2D eigenvalue weighted by molar-refractivity contribution is 5.76. The molecule has 0 bridgehead atoms. The molecule has 0 saturated carbocycles. The van der Waals surface area contributed by atoms with Crippen molar-refractivity contribution in [2.45, 2.75) is 58.8 Å². The van der Waals surface area contributed by atoms with E-state index in [0.717, 1.165) is 0 Å². The van der Waals surface area contributed by atoms with E-state index < -0.39 is 35.8 Å². The molecule has 0 amide bonds. The van der Waals surface area contributed by atoms with Crippen LogP contribution in [0.1, 0.15) is 58.8 Å². The summed E-state index contributed by atoms with van der Waals surface area (Å²) in [5.74, 6) is -6.46. The van der Waals surface area contributed by atoms with Crippen molar-refractivity contribution in [3.8, 4) is 0 Å². The molecule has 0 fully saturated rings. The summed E-state index contributed by atoms with van der Waals surface area (Å²) in [6, 6.07) is 0. The van der Waals surface area contributed by atoms with E-state index in [1.807, 2.05) is 0 Å². The molecule has 0 radical (unpaired) electrons. The molecular weight excluding hydrogens is 372 g/mol. The van der Waals surface area contributed by atoms with Crippen LogP contribution >= 0.6 is 0 Å². The van der Waals surface area contributed by atoms with Crippen LogP contribution < -0.4 is 0 Å². The van der Waals surface area contributed by atoms with Crippen molar-refractivity contribution in [1.29, 1.82) is 0 Å². The van der Waals surface area contributed by atoms with Crippen LogP contribution in [0.2, 0.25) is 0 Å². The molecule has 0 aliphatic carbocycles. The first-order valence-corrected chi connectivity index (χ1v) is 7.60. The first-order chi connectivity index (χ1) is 12.3. The van der Waals surface area contributed by atoms with Crippen LogP contribution in [0.3, 0.4) is 0 Å². The van der Waals surface area contributed by atoms with E-state index in [0.29, 0.717) is 0 Å². The molecule has 27 heavy (non-hydrogen) atoms. The number of carboxylic acid groups (broad SMARTS) is 6. The van der Waals surface area contributed by atoms with Gasteiger partial charge in [0.15, 0.2) is 0 Å². The van der Waals surface area contributed by atoms with E-state index in [9.17, 15) is 28.8 Å². The van der Waals surface area contributed by atoms with E-state index in [1.165, 1.54) is 6.42 Å². The topological polar surface area (TPSA) is 224 Å². The molecule has 158 valence electrons. The molecular formula is C15H26O12. The molecule has 0 atom stereocenters. The summed E-state index contributed by atoms with van der Waals surface area (Å²) in [6.07, 6.45) is -0.528. The fraction of sp³-hybridized carbons (Fsp3) is 0.600. The second kappa shape index (κ2) is 22.8. The molecule has 6 N–H and O–H groups in total. The van der Waals surface area contributed by atoms with Crippen molar-refractivity contribution in [2.24, 2.45) is 0 Å². The van der Waals surface area contributed by atoms with Gasteiger partial charge in [0.25, 0.3) is 0 Å². The standard InChI is InChI=1S/3C4H6O4.C3H8/c3*5-3(6)1-2-4(7)8;1-3-2/h3*1-2H2,(H,5,6)(H,7,8);3H2,1-2H3. The molecule has 0 aromatic carbocycles. The second-order valence-corrected chi connectivity index (χ2v) is 4.57. The number of carboxylic acids is 6. The van der Waals surface area contributed by atoms with Gasteiger partial charge in [-0.15, -0.1) is 0 Å². The van der Waals surface area contributed by atoms with Crippen molar-refractivity contribution >= 4 is 35.8 Å². The smallest absolute Gasteiger partial charge is 0.303 e. The molecule has 12 nitrogen and oxygen atoms in total. The molecule has 0 heterocycles. The highest BCUT2D eigenvalue weighted by atomic mass is 16.4. The van der Waals surface area contributed by atoms with E-state index >= 15 is 0 Å². The van der Waals surface area contributed by atoms with Crippen molar-refractivity contribution < 1.29 is 59.4 Å². The Kier molecular flexibility index (Phi) is 26.7. The number of carbonyl (C=O) groups is 6. The van der Waals surface area contributed by atoms with Crippen LogP contribution in [0, 0.1) is 0 Å². The van der Waals surface area contributed by atoms with Crippen molar-refractivity contribution in [3.63, 3.8) is 0 Å². The van der Waals surface area contributed by atoms with E-state index in [4.69, 9.17) is 30.6 Å². The minimum Gasteiger partial charge on any atom is -0.481 e. The summed E-state index contributed by atoms with van der Waals surface area (Å²) in [4.78, 5) is 57.8. The molecule has 12 heteroatoms. The Hall–Kier alpha value is -3.18. The maximum absolute atomic E-state index is 9.64. The maximum atomic E-state index is 9.64. The zero-order chi connectivity index (χ0) is 22.4. The van der Waals surface area contributed by atoms with Crippen LogP contribution in [-0.4, -0.2) is 66.5 Å². The summed E-state index contributed by atoms with van der Waals surface area (Å²) < 4.78 is 0. The van der Waals surface area contributed by atoms with Gasteiger partial charge in [-0.05, 0) is 0 Å². The highest BCUT2D eigenvalue weighted by Gasteiger charge is 2.01. The van der Waals surface area contributed by atoms with Gasteiger partial charge in [-0.3, -0.25) is 28.8 Å². The van der Waals surface area contributed by atoms with Crippen LogP contribution in [-0.2, 0) is 28.8 Å². The summed E-state index contributed by atoms with van der Waals surface area (Å²) >= 11 is 0. The third-order valence-corrected chi connectivity index (χ3v) is 1.66. The average molecular weight is 398 g/mol. The Bertz CT molecular complexity index is 361. The van der Waals surface area contributed by atoms with Crippen LogP contribution in [0.4, 0.5) is 0 Å². The Morgan fingerprint density at radius 1 is 0.407 bits per heavy atom.